The van der Waals surface area contributed by atoms with Crippen LogP contribution < -0.4 is 4.74 Å². The third kappa shape index (κ3) is 3.97. The second kappa shape index (κ2) is 7.11. The van der Waals surface area contributed by atoms with Gasteiger partial charge in [-0.15, -0.1) is 0 Å². The van der Waals surface area contributed by atoms with Gasteiger partial charge in [-0.05, 0) is 37.8 Å². The molecule has 5 nitrogen and oxygen atoms in total. The van der Waals surface area contributed by atoms with Crippen molar-refractivity contribution in [3.8, 4) is 5.75 Å². The lowest BCUT2D eigenvalue weighted by Gasteiger charge is -2.33. The second-order valence-electron chi connectivity index (χ2n) is 5.30. The predicted octanol–water partition coefficient (Wildman–Crippen LogP) is 2.23. The minimum Gasteiger partial charge on any atom is -0.493 e. The molecule has 0 aromatic heterocycles. The number of carbonyl (C=O) groups is 2. The van der Waals surface area contributed by atoms with E-state index in [9.17, 15) is 14.7 Å². The van der Waals surface area contributed by atoms with Gasteiger partial charge in [-0.1, -0.05) is 18.2 Å². The Morgan fingerprint density at radius 1 is 1.33 bits per heavy atom. The predicted molar refractivity (Wildman–Crippen MR) is 78.3 cm³/mol. The number of likely N-dealkylation sites (tertiary alicyclic amines) is 1. The van der Waals surface area contributed by atoms with Crippen molar-refractivity contribution in [3.05, 3.63) is 29.8 Å². The van der Waals surface area contributed by atoms with Crippen LogP contribution in [0.5, 0.6) is 5.75 Å². The zero-order valence-corrected chi connectivity index (χ0v) is 12.2. The number of benzene rings is 1. The maximum absolute atomic E-state index is 12.2. The van der Waals surface area contributed by atoms with Crippen molar-refractivity contribution in [2.24, 2.45) is 0 Å². The van der Waals surface area contributed by atoms with Gasteiger partial charge in [0.2, 0.25) is 5.91 Å². The van der Waals surface area contributed by atoms with Crippen LogP contribution in [0.25, 0.3) is 0 Å². The van der Waals surface area contributed by atoms with Crippen molar-refractivity contribution in [3.63, 3.8) is 0 Å². The summed E-state index contributed by atoms with van der Waals surface area (Å²) in [6, 6.07) is 6.95. The van der Waals surface area contributed by atoms with Crippen LogP contribution in [0.1, 0.15) is 31.2 Å². The smallest absolute Gasteiger partial charge is 0.326 e. The molecule has 1 unspecified atom stereocenters. The molecule has 21 heavy (non-hydrogen) atoms. The van der Waals surface area contributed by atoms with Crippen molar-refractivity contribution in [2.75, 3.05) is 13.2 Å². The van der Waals surface area contributed by atoms with Gasteiger partial charge in [-0.3, -0.25) is 4.79 Å². The molecule has 1 aromatic carbocycles. The summed E-state index contributed by atoms with van der Waals surface area (Å²) in [6.45, 7) is 2.74. The van der Waals surface area contributed by atoms with Gasteiger partial charge in [0, 0.05) is 6.54 Å². The molecule has 0 saturated carbocycles. The number of carboxylic acids is 1. The topological polar surface area (TPSA) is 66.8 Å². The number of hydrogen-bond donors (Lipinski definition) is 1. The first-order valence-electron chi connectivity index (χ1n) is 7.30. The molecule has 1 fully saturated rings. The summed E-state index contributed by atoms with van der Waals surface area (Å²) in [4.78, 5) is 24.8. The van der Waals surface area contributed by atoms with E-state index in [1.807, 2.05) is 31.2 Å². The summed E-state index contributed by atoms with van der Waals surface area (Å²) in [5.41, 5.74) is 1.02. The largest absolute Gasteiger partial charge is 0.493 e. The van der Waals surface area contributed by atoms with Crippen molar-refractivity contribution in [1.82, 2.24) is 4.90 Å². The van der Waals surface area contributed by atoms with Gasteiger partial charge in [0.05, 0.1) is 13.0 Å². The molecule has 0 radical (unpaired) electrons. The first-order chi connectivity index (χ1) is 10.1. The fourth-order valence-electron chi connectivity index (χ4n) is 2.60. The van der Waals surface area contributed by atoms with Gasteiger partial charge in [0.25, 0.3) is 0 Å². The van der Waals surface area contributed by atoms with Crippen molar-refractivity contribution in [1.29, 1.82) is 0 Å². The monoisotopic (exact) mass is 291 g/mol. The molecular weight excluding hydrogens is 270 g/mol. The normalized spacial score (nSPS) is 18.3. The molecule has 0 aliphatic carbocycles. The van der Waals surface area contributed by atoms with Gasteiger partial charge in [-0.25, -0.2) is 4.79 Å². The summed E-state index contributed by atoms with van der Waals surface area (Å²) in [7, 11) is 0. The third-order valence-electron chi connectivity index (χ3n) is 3.78. The van der Waals surface area contributed by atoms with E-state index in [4.69, 9.17) is 4.74 Å². The zero-order valence-electron chi connectivity index (χ0n) is 12.2. The Kier molecular flexibility index (Phi) is 5.20. The highest BCUT2D eigenvalue weighted by atomic mass is 16.5. The fourth-order valence-corrected chi connectivity index (χ4v) is 2.60. The Bertz CT molecular complexity index is 515. The van der Waals surface area contributed by atoms with Gasteiger partial charge in [0.1, 0.15) is 11.8 Å². The summed E-state index contributed by atoms with van der Waals surface area (Å²) in [5, 5.41) is 9.17. The SMILES string of the molecule is Cc1ccccc1OCCC(=O)N1CCCCC1C(=O)O. The molecule has 114 valence electrons. The fraction of sp³-hybridized carbons (Fsp3) is 0.500. The van der Waals surface area contributed by atoms with Crippen molar-refractivity contribution < 1.29 is 19.4 Å². The highest BCUT2D eigenvalue weighted by Crippen LogP contribution is 2.19. The molecule has 1 atom stereocenters. The minimum atomic E-state index is -0.914. The maximum atomic E-state index is 12.2. The van der Waals surface area contributed by atoms with Crippen LogP contribution in [0, 0.1) is 6.92 Å². The number of hydrogen-bond acceptors (Lipinski definition) is 3. The number of carboxylic acid groups (broad SMARTS) is 1. The molecule has 5 heteroatoms. The molecule has 1 aliphatic heterocycles. The van der Waals surface area contributed by atoms with Gasteiger partial charge < -0.3 is 14.7 Å². The number of piperidine rings is 1. The van der Waals surface area contributed by atoms with Crippen LogP contribution in [-0.2, 0) is 9.59 Å². The molecule has 0 bridgehead atoms. The highest BCUT2D eigenvalue weighted by Gasteiger charge is 2.31. The Hall–Kier alpha value is -2.04. The molecule has 1 heterocycles. The van der Waals surface area contributed by atoms with E-state index >= 15 is 0 Å². The van der Waals surface area contributed by atoms with E-state index in [2.05, 4.69) is 0 Å². The molecule has 1 aliphatic rings. The molecule has 1 N–H and O–H groups in total. The average molecular weight is 291 g/mol. The Morgan fingerprint density at radius 2 is 2.10 bits per heavy atom. The van der Waals surface area contributed by atoms with E-state index in [0.29, 0.717) is 13.0 Å². The van der Waals surface area contributed by atoms with Crippen molar-refractivity contribution >= 4 is 11.9 Å². The summed E-state index contributed by atoms with van der Waals surface area (Å²) >= 11 is 0. The summed E-state index contributed by atoms with van der Waals surface area (Å²) < 4.78 is 5.60. The standard InChI is InChI=1S/C16H21NO4/c1-12-6-2-3-8-14(12)21-11-9-15(18)17-10-5-4-7-13(17)16(19)20/h2-3,6,8,13H,4-5,7,9-11H2,1H3,(H,19,20). The van der Waals surface area contributed by atoms with Crippen LogP contribution in [0.3, 0.4) is 0 Å². The zero-order chi connectivity index (χ0) is 15.2. The number of amides is 1. The highest BCUT2D eigenvalue weighted by molar-refractivity contribution is 5.83. The molecular formula is C16H21NO4. The van der Waals surface area contributed by atoms with Crippen LogP contribution in [0.15, 0.2) is 24.3 Å². The molecule has 1 amide bonds. The minimum absolute atomic E-state index is 0.143. The number of rotatable bonds is 5. The van der Waals surface area contributed by atoms with Crippen LogP contribution in [-0.4, -0.2) is 41.1 Å². The Balaban J connectivity index is 1.86. The van der Waals surface area contributed by atoms with Crippen LogP contribution >= 0.6 is 0 Å². The average Bonchev–Trinajstić information content (AvgIpc) is 2.49. The first kappa shape index (κ1) is 15.4. The lowest BCUT2D eigenvalue weighted by Crippen LogP contribution is -2.48. The van der Waals surface area contributed by atoms with E-state index in [-0.39, 0.29) is 18.9 Å². The van der Waals surface area contributed by atoms with Gasteiger partial charge in [-0.2, -0.15) is 0 Å². The van der Waals surface area contributed by atoms with E-state index < -0.39 is 12.0 Å². The Morgan fingerprint density at radius 3 is 2.81 bits per heavy atom. The quantitative estimate of drug-likeness (QED) is 0.903. The van der Waals surface area contributed by atoms with E-state index in [1.54, 1.807) is 0 Å². The van der Waals surface area contributed by atoms with Crippen molar-refractivity contribution in [2.45, 2.75) is 38.6 Å². The van der Waals surface area contributed by atoms with Crippen LogP contribution in [0.4, 0.5) is 0 Å². The molecule has 0 spiro atoms. The second-order valence-corrected chi connectivity index (χ2v) is 5.30. The lowest BCUT2D eigenvalue weighted by atomic mass is 10.0. The molecule has 1 saturated heterocycles. The lowest BCUT2D eigenvalue weighted by molar-refractivity contribution is -0.152. The number of aryl methyl sites for hydroxylation is 1. The van der Waals surface area contributed by atoms with Gasteiger partial charge >= 0.3 is 5.97 Å². The van der Waals surface area contributed by atoms with E-state index in [1.165, 1.54) is 4.90 Å². The maximum Gasteiger partial charge on any atom is 0.326 e. The number of para-hydroxylation sites is 1. The molecule has 1 aromatic rings. The van der Waals surface area contributed by atoms with Gasteiger partial charge in [0.15, 0.2) is 0 Å². The number of nitrogens with zero attached hydrogens (tertiary/aromatic N) is 1. The molecule has 2 rings (SSSR count). The summed E-state index contributed by atoms with van der Waals surface area (Å²) in [5.74, 6) is -0.294. The Labute approximate surface area is 124 Å². The first-order valence-corrected chi connectivity index (χ1v) is 7.30. The third-order valence-corrected chi connectivity index (χ3v) is 3.78. The summed E-state index contributed by atoms with van der Waals surface area (Å²) in [6.07, 6.45) is 2.48. The number of aliphatic carboxylic acids is 1. The van der Waals surface area contributed by atoms with Crippen LogP contribution in [0.2, 0.25) is 0 Å². The number of carbonyl (C=O) groups excluding carboxylic acids is 1. The van der Waals surface area contributed by atoms with E-state index in [0.717, 1.165) is 24.2 Å². The number of ether oxygens (including phenoxy) is 1.